The first-order valence-electron chi connectivity index (χ1n) is 8.08. The molecule has 0 saturated heterocycles. The summed E-state index contributed by atoms with van der Waals surface area (Å²) in [7, 11) is 2.05. The topological polar surface area (TPSA) is 69.6 Å². The Morgan fingerprint density at radius 3 is 2.76 bits per heavy atom. The van der Waals surface area contributed by atoms with Gasteiger partial charge in [-0.15, -0.1) is 0 Å². The van der Waals surface area contributed by atoms with Crippen LogP contribution in [0.5, 0.6) is 0 Å². The van der Waals surface area contributed by atoms with Gasteiger partial charge in [-0.05, 0) is 30.7 Å². The lowest BCUT2D eigenvalue weighted by Gasteiger charge is -2.01. The molecule has 0 aliphatic rings. The summed E-state index contributed by atoms with van der Waals surface area (Å²) in [5, 5.41) is 5.06. The molecule has 126 valence electrons. The molecule has 0 N–H and O–H groups in total. The van der Waals surface area contributed by atoms with E-state index in [9.17, 15) is 0 Å². The van der Waals surface area contributed by atoms with Crippen LogP contribution in [0.2, 0.25) is 0 Å². The summed E-state index contributed by atoms with van der Waals surface area (Å²) >= 11 is 1.75. The number of hydrogen-bond donors (Lipinski definition) is 0. The lowest BCUT2D eigenvalue weighted by atomic mass is 10.2. The molecule has 0 spiro atoms. The average molecular weight is 351 g/mol. The average Bonchev–Trinajstić information content (AvgIpc) is 3.25. The van der Waals surface area contributed by atoms with Crippen LogP contribution < -0.4 is 0 Å². The van der Waals surface area contributed by atoms with Crippen molar-refractivity contribution < 1.29 is 4.52 Å². The highest BCUT2D eigenvalue weighted by atomic mass is 32.2. The van der Waals surface area contributed by atoms with Crippen LogP contribution in [-0.2, 0) is 13.5 Å². The zero-order valence-corrected chi connectivity index (χ0v) is 14.6. The third-order valence-electron chi connectivity index (χ3n) is 3.92. The number of thioether (sulfide) groups is 1. The van der Waals surface area contributed by atoms with Crippen LogP contribution in [0.15, 0.2) is 58.5 Å². The molecule has 0 fully saturated rings. The van der Waals surface area contributed by atoms with Gasteiger partial charge in [0.05, 0.1) is 11.0 Å². The second-order valence-corrected chi connectivity index (χ2v) is 6.70. The van der Waals surface area contributed by atoms with E-state index in [0.29, 0.717) is 11.7 Å². The van der Waals surface area contributed by atoms with E-state index >= 15 is 0 Å². The summed E-state index contributed by atoms with van der Waals surface area (Å²) in [5.74, 6) is 2.22. The summed E-state index contributed by atoms with van der Waals surface area (Å²) in [6, 6.07) is 11.9. The number of fused-ring (bicyclic) bond motifs is 1. The smallest absolute Gasteiger partial charge is 0.226 e. The van der Waals surface area contributed by atoms with Crippen molar-refractivity contribution in [3.05, 3.63) is 54.7 Å². The van der Waals surface area contributed by atoms with Crippen molar-refractivity contribution in [3.63, 3.8) is 0 Å². The number of hydrogen-bond acceptors (Lipinski definition) is 6. The largest absolute Gasteiger partial charge is 0.339 e. The van der Waals surface area contributed by atoms with E-state index in [2.05, 4.69) is 37.8 Å². The van der Waals surface area contributed by atoms with Gasteiger partial charge in [0.15, 0.2) is 5.16 Å². The fraction of sp³-hybridized carbons (Fsp3) is 0.222. The highest BCUT2D eigenvalue weighted by Crippen LogP contribution is 2.23. The zero-order valence-electron chi connectivity index (χ0n) is 13.8. The first kappa shape index (κ1) is 15.8. The minimum Gasteiger partial charge on any atom is -0.339 e. The van der Waals surface area contributed by atoms with Crippen LogP contribution in [0.25, 0.3) is 22.4 Å². The lowest BCUT2D eigenvalue weighted by Crippen LogP contribution is -1.93. The first-order chi connectivity index (χ1) is 12.3. The van der Waals surface area contributed by atoms with Gasteiger partial charge in [0.2, 0.25) is 11.7 Å². The molecule has 4 aromatic rings. The van der Waals surface area contributed by atoms with Crippen molar-refractivity contribution in [1.82, 2.24) is 24.7 Å². The fourth-order valence-electron chi connectivity index (χ4n) is 2.61. The maximum atomic E-state index is 5.33. The van der Waals surface area contributed by atoms with E-state index in [-0.39, 0.29) is 0 Å². The number of pyridine rings is 1. The van der Waals surface area contributed by atoms with Gasteiger partial charge in [0.1, 0.15) is 0 Å². The molecule has 0 radical (unpaired) electrons. The maximum Gasteiger partial charge on any atom is 0.226 e. The molecule has 3 heterocycles. The SMILES string of the molecule is Cn1c(SCCCc2nc(-c3ccncc3)no2)nc2ccccc21. The summed E-state index contributed by atoms with van der Waals surface area (Å²) in [4.78, 5) is 13.1. The Hall–Kier alpha value is -2.67. The summed E-state index contributed by atoms with van der Waals surface area (Å²) < 4.78 is 7.46. The summed E-state index contributed by atoms with van der Waals surface area (Å²) in [6.07, 6.45) is 5.15. The lowest BCUT2D eigenvalue weighted by molar-refractivity contribution is 0.378. The molecule has 1 aromatic carbocycles. The van der Waals surface area contributed by atoms with E-state index < -0.39 is 0 Å². The molecule has 4 rings (SSSR count). The van der Waals surface area contributed by atoms with Gasteiger partial charge in [-0.25, -0.2) is 4.98 Å². The van der Waals surface area contributed by atoms with Crippen molar-refractivity contribution in [3.8, 4) is 11.4 Å². The number of imidazole rings is 1. The van der Waals surface area contributed by atoms with Gasteiger partial charge in [-0.2, -0.15) is 4.98 Å². The number of benzene rings is 1. The Morgan fingerprint density at radius 1 is 1.08 bits per heavy atom. The van der Waals surface area contributed by atoms with Gasteiger partial charge >= 0.3 is 0 Å². The molecule has 25 heavy (non-hydrogen) atoms. The second-order valence-electron chi connectivity index (χ2n) is 5.64. The Labute approximate surface area is 149 Å². The minimum absolute atomic E-state index is 0.611. The Balaban J connectivity index is 1.34. The molecular formula is C18H17N5OS. The van der Waals surface area contributed by atoms with E-state index in [1.807, 2.05) is 30.3 Å². The minimum atomic E-state index is 0.611. The van der Waals surface area contributed by atoms with Crippen molar-refractivity contribution >= 4 is 22.8 Å². The predicted octanol–water partition coefficient (Wildman–Crippen LogP) is 3.74. The van der Waals surface area contributed by atoms with Crippen molar-refractivity contribution in [2.45, 2.75) is 18.0 Å². The monoisotopic (exact) mass is 351 g/mol. The molecule has 0 aliphatic heterocycles. The maximum absolute atomic E-state index is 5.33. The molecule has 6 nitrogen and oxygen atoms in total. The van der Waals surface area contributed by atoms with Gasteiger partial charge in [-0.3, -0.25) is 4.98 Å². The van der Waals surface area contributed by atoms with E-state index in [1.165, 1.54) is 0 Å². The summed E-state index contributed by atoms with van der Waals surface area (Å²) in [5.41, 5.74) is 3.11. The van der Waals surface area contributed by atoms with Crippen molar-refractivity contribution in [2.75, 3.05) is 5.75 Å². The number of aryl methyl sites for hydroxylation is 2. The third kappa shape index (κ3) is 3.41. The molecule has 0 atom stereocenters. The van der Waals surface area contributed by atoms with Crippen LogP contribution in [0.4, 0.5) is 0 Å². The van der Waals surface area contributed by atoms with Crippen LogP contribution in [-0.4, -0.2) is 30.4 Å². The van der Waals surface area contributed by atoms with Gasteiger partial charge in [-0.1, -0.05) is 29.1 Å². The Kier molecular flexibility index (Phi) is 4.47. The molecule has 3 aromatic heterocycles. The van der Waals surface area contributed by atoms with Gasteiger partial charge in [0.25, 0.3) is 0 Å². The fourth-order valence-corrected chi connectivity index (χ4v) is 3.54. The van der Waals surface area contributed by atoms with Gasteiger partial charge in [0, 0.05) is 37.2 Å². The highest BCUT2D eigenvalue weighted by molar-refractivity contribution is 7.99. The predicted molar refractivity (Wildman–Crippen MR) is 97.3 cm³/mol. The normalized spacial score (nSPS) is 11.2. The summed E-state index contributed by atoms with van der Waals surface area (Å²) in [6.45, 7) is 0. The molecule has 0 amide bonds. The van der Waals surface area contributed by atoms with Crippen LogP contribution in [0, 0.1) is 0 Å². The standard InChI is InChI=1S/C18H17N5OS/c1-23-15-6-3-2-5-14(15)20-18(23)25-12-4-7-16-21-17(22-24-16)13-8-10-19-11-9-13/h2-3,5-6,8-11H,4,7,12H2,1H3. The van der Waals surface area contributed by atoms with E-state index in [4.69, 9.17) is 4.52 Å². The molecule has 0 saturated carbocycles. The molecule has 0 bridgehead atoms. The van der Waals surface area contributed by atoms with Gasteiger partial charge < -0.3 is 9.09 Å². The molecule has 0 unspecified atom stereocenters. The van der Waals surface area contributed by atoms with Crippen LogP contribution in [0.1, 0.15) is 12.3 Å². The van der Waals surface area contributed by atoms with Crippen molar-refractivity contribution in [2.24, 2.45) is 7.05 Å². The molecule has 0 aliphatic carbocycles. The van der Waals surface area contributed by atoms with E-state index in [1.54, 1.807) is 24.2 Å². The quantitative estimate of drug-likeness (QED) is 0.389. The number of aromatic nitrogens is 5. The molecule has 7 heteroatoms. The first-order valence-corrected chi connectivity index (χ1v) is 9.07. The third-order valence-corrected chi connectivity index (χ3v) is 5.04. The Bertz CT molecular complexity index is 979. The second kappa shape index (κ2) is 7.06. The van der Waals surface area contributed by atoms with Crippen LogP contribution >= 0.6 is 11.8 Å². The van der Waals surface area contributed by atoms with Crippen LogP contribution in [0.3, 0.4) is 0 Å². The van der Waals surface area contributed by atoms with E-state index in [0.717, 1.165) is 40.3 Å². The molecular weight excluding hydrogens is 334 g/mol. The number of para-hydroxylation sites is 2. The van der Waals surface area contributed by atoms with Crippen molar-refractivity contribution in [1.29, 1.82) is 0 Å². The number of rotatable bonds is 6. The Morgan fingerprint density at radius 2 is 1.92 bits per heavy atom. The zero-order chi connectivity index (χ0) is 17.1. The number of nitrogens with zero attached hydrogens (tertiary/aromatic N) is 5. The highest BCUT2D eigenvalue weighted by Gasteiger charge is 2.10.